The lowest BCUT2D eigenvalue weighted by molar-refractivity contribution is 0.243. The number of nitrogens with zero attached hydrogens (tertiary/aromatic N) is 1. The lowest BCUT2D eigenvalue weighted by Crippen LogP contribution is -2.32. The van der Waals surface area contributed by atoms with E-state index in [-0.39, 0.29) is 0 Å². The topological polar surface area (TPSA) is 15.3 Å². The van der Waals surface area contributed by atoms with E-state index in [4.69, 9.17) is 0 Å². The minimum Gasteiger partial charge on any atom is -0.310 e. The van der Waals surface area contributed by atoms with Crippen molar-refractivity contribution in [2.45, 2.75) is 65.0 Å². The van der Waals surface area contributed by atoms with Gasteiger partial charge in [0.2, 0.25) is 0 Å². The van der Waals surface area contributed by atoms with Crippen molar-refractivity contribution in [2.24, 2.45) is 0 Å². The maximum absolute atomic E-state index is 3.66. The van der Waals surface area contributed by atoms with Crippen molar-refractivity contribution >= 4 is 0 Å². The molecule has 1 fully saturated rings. The molecule has 2 heteroatoms. The van der Waals surface area contributed by atoms with E-state index in [0.717, 1.165) is 12.6 Å². The molecule has 0 radical (unpaired) electrons. The average molecular weight is 288 g/mol. The van der Waals surface area contributed by atoms with E-state index in [1.807, 2.05) is 0 Å². The molecule has 0 bridgehead atoms. The van der Waals surface area contributed by atoms with Crippen molar-refractivity contribution < 1.29 is 0 Å². The van der Waals surface area contributed by atoms with Gasteiger partial charge in [0, 0.05) is 18.6 Å². The molecule has 0 amide bonds. The second-order valence-electron chi connectivity index (χ2n) is 6.43. The Morgan fingerprint density at radius 3 is 2.43 bits per heavy atom. The molecule has 1 atom stereocenters. The fourth-order valence-electron chi connectivity index (χ4n) is 3.00. The summed E-state index contributed by atoms with van der Waals surface area (Å²) in [6, 6.07) is 10.4. The molecular formula is C19H32N2. The highest BCUT2D eigenvalue weighted by atomic mass is 15.2. The summed E-state index contributed by atoms with van der Waals surface area (Å²) in [7, 11) is 0. The fraction of sp³-hybridized carbons (Fsp3) is 0.684. The van der Waals surface area contributed by atoms with Crippen molar-refractivity contribution in [3.8, 4) is 0 Å². The molecule has 1 aromatic carbocycles. The minimum absolute atomic E-state index is 0.499. The van der Waals surface area contributed by atoms with Crippen LogP contribution in [0, 0.1) is 6.92 Å². The Morgan fingerprint density at radius 2 is 1.86 bits per heavy atom. The van der Waals surface area contributed by atoms with Crippen LogP contribution >= 0.6 is 0 Å². The maximum atomic E-state index is 3.66. The first kappa shape index (κ1) is 16.5. The second-order valence-corrected chi connectivity index (χ2v) is 6.43. The number of rotatable bonds is 10. The smallest absolute Gasteiger partial charge is 0.0332 e. The van der Waals surface area contributed by atoms with E-state index < -0.39 is 0 Å². The third kappa shape index (κ3) is 5.44. The Morgan fingerprint density at radius 1 is 1.14 bits per heavy atom. The van der Waals surface area contributed by atoms with Crippen LogP contribution in [0.15, 0.2) is 24.3 Å². The highest BCUT2D eigenvalue weighted by molar-refractivity contribution is 5.24. The zero-order valence-corrected chi connectivity index (χ0v) is 14.1. The molecule has 0 spiro atoms. The summed E-state index contributed by atoms with van der Waals surface area (Å²) in [6.07, 6.45) is 6.70. The number of unbranched alkanes of at least 4 members (excludes halogenated alkanes) is 1. The first-order chi connectivity index (χ1) is 10.2. The number of hydrogen-bond acceptors (Lipinski definition) is 2. The van der Waals surface area contributed by atoms with Gasteiger partial charge >= 0.3 is 0 Å². The molecular weight excluding hydrogens is 256 g/mol. The minimum atomic E-state index is 0.499. The Bertz CT molecular complexity index is 395. The zero-order valence-electron chi connectivity index (χ0n) is 14.1. The molecule has 0 saturated heterocycles. The Labute approximate surface area is 130 Å². The van der Waals surface area contributed by atoms with Gasteiger partial charge in [-0.2, -0.15) is 0 Å². The maximum Gasteiger partial charge on any atom is 0.0332 e. The van der Waals surface area contributed by atoms with Gasteiger partial charge in [0.25, 0.3) is 0 Å². The molecule has 1 N–H and O–H groups in total. The molecule has 0 heterocycles. The number of aryl methyl sites for hydroxylation is 1. The molecule has 21 heavy (non-hydrogen) atoms. The molecule has 1 aromatic rings. The third-order valence-corrected chi connectivity index (χ3v) is 4.50. The van der Waals surface area contributed by atoms with Gasteiger partial charge in [-0.05, 0) is 51.3 Å². The van der Waals surface area contributed by atoms with E-state index in [1.165, 1.54) is 56.3 Å². The van der Waals surface area contributed by atoms with Gasteiger partial charge in [-0.25, -0.2) is 0 Å². The van der Waals surface area contributed by atoms with Crippen LogP contribution in [0.1, 0.15) is 63.1 Å². The van der Waals surface area contributed by atoms with Crippen molar-refractivity contribution in [2.75, 3.05) is 19.6 Å². The van der Waals surface area contributed by atoms with Crippen LogP contribution in [0.4, 0.5) is 0 Å². The van der Waals surface area contributed by atoms with Crippen LogP contribution in [0.3, 0.4) is 0 Å². The van der Waals surface area contributed by atoms with Crippen LogP contribution < -0.4 is 5.32 Å². The molecule has 1 aliphatic carbocycles. The fourth-order valence-corrected chi connectivity index (χ4v) is 3.00. The number of nitrogens with one attached hydrogen (secondary N) is 1. The van der Waals surface area contributed by atoms with Gasteiger partial charge in [0.15, 0.2) is 0 Å². The standard InChI is InChI=1S/C19H32N2/c1-4-6-14-21(18-11-12-18)15-13-19(20-5-2)17-9-7-16(3)8-10-17/h7-10,18-20H,4-6,11-15H2,1-3H3. The average Bonchev–Trinajstić information content (AvgIpc) is 3.32. The van der Waals surface area contributed by atoms with Gasteiger partial charge < -0.3 is 10.2 Å². The molecule has 2 nitrogen and oxygen atoms in total. The van der Waals surface area contributed by atoms with Crippen LogP contribution in [0.25, 0.3) is 0 Å². The van der Waals surface area contributed by atoms with Gasteiger partial charge in [0.1, 0.15) is 0 Å². The van der Waals surface area contributed by atoms with Crippen molar-refractivity contribution in [3.05, 3.63) is 35.4 Å². The van der Waals surface area contributed by atoms with Crippen LogP contribution in [0.5, 0.6) is 0 Å². The summed E-state index contributed by atoms with van der Waals surface area (Å²) in [4.78, 5) is 2.72. The Hall–Kier alpha value is -0.860. The highest BCUT2D eigenvalue weighted by Crippen LogP contribution is 2.28. The Balaban J connectivity index is 1.90. The molecule has 0 aromatic heterocycles. The number of hydrogen-bond donors (Lipinski definition) is 1. The van der Waals surface area contributed by atoms with E-state index in [0.29, 0.717) is 6.04 Å². The molecule has 0 aliphatic heterocycles. The molecule has 2 rings (SSSR count). The van der Waals surface area contributed by atoms with Crippen LogP contribution in [-0.2, 0) is 0 Å². The van der Waals surface area contributed by atoms with Gasteiger partial charge in [-0.3, -0.25) is 0 Å². The third-order valence-electron chi connectivity index (χ3n) is 4.50. The monoisotopic (exact) mass is 288 g/mol. The SMILES string of the molecule is CCCCN(CCC(NCC)c1ccc(C)cc1)C1CC1. The molecule has 1 saturated carbocycles. The second kappa shape index (κ2) is 8.55. The summed E-state index contributed by atoms with van der Waals surface area (Å²) in [6.45, 7) is 10.2. The molecule has 1 unspecified atom stereocenters. The quantitative estimate of drug-likeness (QED) is 0.690. The van der Waals surface area contributed by atoms with E-state index in [9.17, 15) is 0 Å². The lowest BCUT2D eigenvalue weighted by atomic mass is 10.0. The molecule has 1 aliphatic rings. The lowest BCUT2D eigenvalue weighted by Gasteiger charge is -2.26. The van der Waals surface area contributed by atoms with Crippen LogP contribution in [0.2, 0.25) is 0 Å². The van der Waals surface area contributed by atoms with Gasteiger partial charge in [-0.15, -0.1) is 0 Å². The molecule has 118 valence electrons. The first-order valence-electron chi connectivity index (χ1n) is 8.78. The first-order valence-corrected chi connectivity index (χ1v) is 8.78. The largest absolute Gasteiger partial charge is 0.310 e. The zero-order chi connectivity index (χ0) is 15.1. The van der Waals surface area contributed by atoms with Crippen molar-refractivity contribution in [3.63, 3.8) is 0 Å². The summed E-state index contributed by atoms with van der Waals surface area (Å²) >= 11 is 0. The predicted molar refractivity (Wildman–Crippen MR) is 91.7 cm³/mol. The normalized spacial score (nSPS) is 16.4. The van der Waals surface area contributed by atoms with E-state index in [2.05, 4.69) is 55.3 Å². The predicted octanol–water partition coefficient (Wildman–Crippen LogP) is 4.30. The summed E-state index contributed by atoms with van der Waals surface area (Å²) in [5, 5.41) is 3.66. The van der Waals surface area contributed by atoms with Gasteiger partial charge in [-0.1, -0.05) is 50.1 Å². The summed E-state index contributed by atoms with van der Waals surface area (Å²) < 4.78 is 0. The summed E-state index contributed by atoms with van der Waals surface area (Å²) in [5.41, 5.74) is 2.78. The van der Waals surface area contributed by atoms with E-state index in [1.54, 1.807) is 0 Å². The van der Waals surface area contributed by atoms with Crippen LogP contribution in [-0.4, -0.2) is 30.6 Å². The van der Waals surface area contributed by atoms with Gasteiger partial charge in [0.05, 0.1) is 0 Å². The summed E-state index contributed by atoms with van der Waals surface area (Å²) in [5.74, 6) is 0. The number of benzene rings is 1. The Kier molecular flexibility index (Phi) is 6.72. The van der Waals surface area contributed by atoms with E-state index >= 15 is 0 Å². The highest BCUT2D eigenvalue weighted by Gasteiger charge is 2.28. The van der Waals surface area contributed by atoms with Crippen molar-refractivity contribution in [1.82, 2.24) is 10.2 Å². The van der Waals surface area contributed by atoms with Crippen molar-refractivity contribution in [1.29, 1.82) is 0 Å².